The average molecular weight is 1620 g/mol. The van der Waals surface area contributed by atoms with Crippen LogP contribution in [-0.2, 0) is 75.2 Å². The first kappa shape index (κ1) is 225. The van der Waals surface area contributed by atoms with E-state index in [1.807, 2.05) is 145 Å². The minimum absolute atomic E-state index is 0. The third-order valence-electron chi connectivity index (χ3n) is 8.46. The SMILES string of the molecule is C=C.C=C/C=C\C.C=O.C=O.C=O.C=O.C=O.C=O.C=O.C=O.C=O.C=O.C=O.C=O.CC.CC.CC(=O)N1CCCCC1.CC(C)C.CC(C)O.CCC(C)C.CCC(C)C.CCC(C)C.CCC(C)C.CCCCN.CCc1ccccc1.CCc1ccccc1.CN.CN.CN.CN.CN.CN.CN.N.N.N.N. The number of piperidine rings is 1. The molecule has 1 fully saturated rings. The number of aliphatic hydroxyl groups excluding tert-OH is 1. The van der Waals surface area contributed by atoms with E-state index in [1.165, 1.54) is 118 Å². The second-order valence-corrected chi connectivity index (χ2v) is 18.2. The molecule has 3 rings (SSSR count). The highest BCUT2D eigenvalue weighted by Crippen LogP contribution is 2.08. The Morgan fingerprint density at radius 1 is 0.396 bits per heavy atom. The summed E-state index contributed by atoms with van der Waals surface area (Å²) in [7, 11) is 10.5. The summed E-state index contributed by atoms with van der Waals surface area (Å²) >= 11 is 0. The number of carbonyl (C=O) groups excluding carboxylic acids is 13. The van der Waals surface area contributed by atoms with E-state index < -0.39 is 0 Å². The molecule has 0 aromatic heterocycles. The largest absolute Gasteiger partial charge is 0.394 e. The molecule has 1 heterocycles. The predicted octanol–water partition coefficient (Wildman–Crippen LogP) is 16.6. The van der Waals surface area contributed by atoms with Crippen molar-refractivity contribution in [1.29, 1.82) is 0 Å². The van der Waals surface area contributed by atoms with Crippen LogP contribution in [-0.4, -0.2) is 172 Å². The van der Waals surface area contributed by atoms with Crippen molar-refractivity contribution in [2.24, 2.45) is 75.5 Å². The lowest BCUT2D eigenvalue weighted by Gasteiger charge is -2.24. The Hall–Kier alpha value is -7.35. The number of carbonyl (C=O) groups is 13. The summed E-state index contributed by atoms with van der Waals surface area (Å²) in [6.07, 6.45) is 19.0. The van der Waals surface area contributed by atoms with Crippen molar-refractivity contribution in [3.05, 3.63) is 110 Å². The Bertz CT molecular complexity index is 1220. The highest BCUT2D eigenvalue weighted by atomic mass is 16.3. The van der Waals surface area contributed by atoms with Gasteiger partial charge < -0.3 is 138 Å². The van der Waals surface area contributed by atoms with Crippen LogP contribution in [0.1, 0.15) is 249 Å². The molecule has 690 valence electrons. The Morgan fingerprint density at radius 2 is 0.550 bits per heavy atom. The minimum atomic E-state index is -0.167. The van der Waals surface area contributed by atoms with Crippen LogP contribution < -0.4 is 70.5 Å². The molecule has 0 saturated carbocycles. The number of nitrogens with two attached hydrogens (primary N) is 8. The molecule has 1 aliphatic rings. The van der Waals surface area contributed by atoms with Crippen molar-refractivity contribution in [3.63, 3.8) is 0 Å². The number of unbranched alkanes of at least 4 members (excludes halogenated alkanes) is 1. The number of hydrogen-bond acceptors (Lipinski definition) is 26. The van der Waals surface area contributed by atoms with Gasteiger partial charge in [-0.25, -0.2) is 0 Å². The fourth-order valence-electron chi connectivity index (χ4n) is 2.98. The molecule has 2 aromatic rings. The number of allylic oxidation sites excluding steroid dienone is 3. The lowest BCUT2D eigenvalue weighted by atomic mass is 10.1. The Kier molecular flexibility index (Phi) is 873. The van der Waals surface area contributed by atoms with Crippen LogP contribution in [0.25, 0.3) is 0 Å². The van der Waals surface area contributed by atoms with E-state index in [2.05, 4.69) is 233 Å². The van der Waals surface area contributed by atoms with Gasteiger partial charge in [0.05, 0.1) is 0 Å². The quantitative estimate of drug-likeness (QED) is 0.0819. The molecule has 27 heteroatoms. The predicted molar refractivity (Wildman–Crippen MR) is 505 cm³/mol. The van der Waals surface area contributed by atoms with Crippen LogP contribution >= 0.6 is 0 Å². The summed E-state index contributed by atoms with van der Waals surface area (Å²) in [5.74, 6) is 4.60. The van der Waals surface area contributed by atoms with E-state index in [0.29, 0.717) is 0 Å². The van der Waals surface area contributed by atoms with Gasteiger partial charge in [-0.3, -0.25) is 4.79 Å². The minimum Gasteiger partial charge on any atom is -0.394 e. The molecule has 111 heavy (non-hydrogen) atoms. The highest BCUT2D eigenvalue weighted by Gasteiger charge is 2.11. The standard InChI is InChI=1S/2C8H10.C7H13NO.4C5H12.C5H8.C4H11N.C4H10.C3H8O.2C2H6.C2H4.7CH5N.12CH2O.4H3N/c2*1-2-8-6-4-3-5-7-8;1-7(9)8-5-3-2-4-6-8;4*1-4-5(2)3;1-3-5-4-2;1-2-3-4-5;1-4(2)3;1-3(2)4;22*1-2;;;;/h2*3-7H,2H2,1H3;2-6H2,1H3;4*5H,4H2,1-3H3;3-5H,1H2,2H3;2-5H2,1H3;4H,1-3H3;3-4H,1-2H3;2*1-2H3;1-2H2;7*2H2,1H3;12*1H2;4*1H3/b;;;;;;;5-4-;;;;;;;;;;;;;;;;;;;;;;;;;;;;;. The smallest absolute Gasteiger partial charge is 0.219 e. The number of likely N-dealkylation sites (tertiary alicyclic amines) is 1. The van der Waals surface area contributed by atoms with Crippen molar-refractivity contribution >= 4 is 87.4 Å². The van der Waals surface area contributed by atoms with Gasteiger partial charge in [-0.1, -0.05) is 270 Å². The zero-order valence-corrected chi connectivity index (χ0v) is 79.6. The topological polar surface area (TPSA) is 594 Å². The monoisotopic (exact) mass is 1620 g/mol. The van der Waals surface area contributed by atoms with Crippen molar-refractivity contribution < 1.29 is 67.4 Å². The lowest BCUT2D eigenvalue weighted by molar-refractivity contribution is -0.129. The van der Waals surface area contributed by atoms with E-state index in [-0.39, 0.29) is 36.6 Å². The molecule has 0 unspecified atom stereocenters. The maximum atomic E-state index is 10.7. The normalized spacial score (nSPS) is 7.05. The van der Waals surface area contributed by atoms with Crippen molar-refractivity contribution in [1.82, 2.24) is 29.5 Å². The fraction of sp³-hybridized carbons (Fsp3) is 0.631. The number of amides is 1. The zero-order chi connectivity index (χ0) is 94.9. The highest BCUT2D eigenvalue weighted by molar-refractivity contribution is 5.73. The first-order valence-electron chi connectivity index (χ1n) is 35.5. The van der Waals surface area contributed by atoms with Crippen LogP contribution in [0.3, 0.4) is 0 Å². The number of aryl methyl sites for hydroxylation is 2. The van der Waals surface area contributed by atoms with Gasteiger partial charge in [-0.05, 0) is 156 Å². The summed E-state index contributed by atoms with van der Waals surface area (Å²) < 4.78 is 0. The molecule has 0 atom stereocenters. The first-order valence-corrected chi connectivity index (χ1v) is 35.5. The zero-order valence-electron chi connectivity index (χ0n) is 79.6. The van der Waals surface area contributed by atoms with Gasteiger partial charge in [-0.2, -0.15) is 0 Å². The van der Waals surface area contributed by atoms with Gasteiger partial charge >= 0.3 is 0 Å². The van der Waals surface area contributed by atoms with Crippen LogP contribution in [0.15, 0.2) is 98.6 Å². The molecular formula is C84H205N13O14. The maximum absolute atomic E-state index is 10.7. The summed E-state index contributed by atoms with van der Waals surface area (Å²) in [5.41, 5.74) is 39.5. The molecule has 27 nitrogen and oxygen atoms in total. The van der Waals surface area contributed by atoms with E-state index in [4.69, 9.17) is 68.4 Å². The molecule has 0 bridgehead atoms. The van der Waals surface area contributed by atoms with Gasteiger partial charge in [0.2, 0.25) is 5.91 Å². The van der Waals surface area contributed by atoms with Crippen LogP contribution in [0.5, 0.6) is 0 Å². The summed E-state index contributed by atoms with van der Waals surface area (Å²) in [6.45, 7) is 90.8. The summed E-state index contributed by atoms with van der Waals surface area (Å²) in [4.78, 5) is 109. The van der Waals surface area contributed by atoms with Crippen molar-refractivity contribution in [2.45, 2.75) is 257 Å². The molecule has 1 amide bonds. The number of benzene rings is 2. The van der Waals surface area contributed by atoms with E-state index >= 15 is 0 Å². The maximum Gasteiger partial charge on any atom is 0.219 e. The number of nitrogens with zero attached hydrogens (tertiary/aromatic N) is 1. The molecule has 0 spiro atoms. The molecule has 1 saturated heterocycles. The average Bonchev–Trinajstić information content (AvgIpc) is 0.957. The van der Waals surface area contributed by atoms with Crippen LogP contribution in [0.2, 0.25) is 0 Å². The summed E-state index contributed by atoms with van der Waals surface area (Å²) in [6, 6.07) is 20.9. The van der Waals surface area contributed by atoms with Gasteiger partial charge in [0.1, 0.15) is 81.5 Å². The van der Waals surface area contributed by atoms with E-state index in [9.17, 15) is 4.79 Å². The Balaban J connectivity index is -0.0000000175. The van der Waals surface area contributed by atoms with E-state index in [1.54, 1.807) is 26.8 Å². The van der Waals surface area contributed by atoms with Crippen LogP contribution in [0, 0.1) is 29.6 Å². The van der Waals surface area contributed by atoms with Gasteiger partial charge in [0, 0.05) is 26.1 Å². The molecule has 1 aliphatic heterocycles. The Labute approximate surface area is 692 Å². The number of rotatable bonds is 9. The molecule has 0 radical (unpaired) electrons. The fourth-order valence-corrected chi connectivity index (χ4v) is 2.98. The Morgan fingerprint density at radius 3 is 0.604 bits per heavy atom. The van der Waals surface area contributed by atoms with Gasteiger partial charge in [0.15, 0.2) is 0 Å². The second kappa shape index (κ2) is 430. The lowest BCUT2D eigenvalue weighted by Crippen LogP contribution is -2.33. The van der Waals surface area contributed by atoms with E-state index in [0.717, 1.165) is 62.1 Å². The van der Waals surface area contributed by atoms with Gasteiger partial charge in [0.25, 0.3) is 0 Å². The summed E-state index contributed by atoms with van der Waals surface area (Å²) in [5, 5.41) is 8.06. The van der Waals surface area contributed by atoms with Gasteiger partial charge in [-0.15, -0.1) is 13.2 Å². The first-order chi connectivity index (χ1) is 51.5. The second-order valence-electron chi connectivity index (χ2n) is 18.2. The third-order valence-corrected chi connectivity index (χ3v) is 8.46. The molecular weight excluding hydrogens is 1420 g/mol. The third kappa shape index (κ3) is 774. The molecule has 0 aliphatic carbocycles. The number of aliphatic hydroxyl groups is 1. The van der Waals surface area contributed by atoms with Crippen molar-refractivity contribution in [3.8, 4) is 0 Å². The molecule has 2 aromatic carbocycles. The number of hydrogen-bond donors (Lipinski definition) is 13. The van der Waals surface area contributed by atoms with Crippen molar-refractivity contribution in [2.75, 3.05) is 69.0 Å². The molecule has 29 N–H and O–H groups in total. The van der Waals surface area contributed by atoms with Crippen LogP contribution in [0.4, 0.5) is 0 Å².